The molecule has 0 aliphatic carbocycles. The van der Waals surface area contributed by atoms with Gasteiger partial charge < -0.3 is 14.6 Å². The monoisotopic (exact) mass is 356 g/mol. The molecule has 0 bridgehead atoms. The molecule has 128 valence electrons. The topological polar surface area (TPSA) is 67.4 Å². The van der Waals surface area contributed by atoms with Crippen LogP contribution in [-0.2, 0) is 6.42 Å². The quantitative estimate of drug-likeness (QED) is 0.705. The van der Waals surface area contributed by atoms with Crippen LogP contribution >= 0.6 is 11.6 Å². The summed E-state index contributed by atoms with van der Waals surface area (Å²) in [5.74, 6) is 1.58. The van der Waals surface area contributed by atoms with Gasteiger partial charge in [0.05, 0.1) is 0 Å². The highest BCUT2D eigenvalue weighted by Crippen LogP contribution is 2.42. The van der Waals surface area contributed by atoms with Crippen molar-refractivity contribution in [2.45, 2.75) is 19.8 Å². The Balaban J connectivity index is 1.91. The van der Waals surface area contributed by atoms with Crippen LogP contribution in [0.4, 0.5) is 0 Å². The Bertz CT molecular complexity index is 936. The minimum absolute atomic E-state index is 0.140. The van der Waals surface area contributed by atoms with E-state index in [1.165, 1.54) is 0 Å². The van der Waals surface area contributed by atoms with Gasteiger partial charge in [-0.3, -0.25) is 5.10 Å². The van der Waals surface area contributed by atoms with Crippen molar-refractivity contribution >= 4 is 11.6 Å². The lowest BCUT2D eigenvalue weighted by atomic mass is 9.96. The number of hydrogen-bond donors (Lipinski definition) is 2. The molecule has 0 amide bonds. The molecule has 4 rings (SSSR count). The average Bonchev–Trinajstić information content (AvgIpc) is 3.23. The average molecular weight is 357 g/mol. The van der Waals surface area contributed by atoms with Crippen LogP contribution in [0.3, 0.4) is 0 Å². The molecule has 0 atom stereocenters. The number of nitrogens with one attached hydrogen (secondary N) is 1. The van der Waals surface area contributed by atoms with E-state index in [0.717, 1.165) is 35.4 Å². The van der Waals surface area contributed by atoms with Crippen molar-refractivity contribution in [2.75, 3.05) is 6.79 Å². The number of fused-ring (bicyclic) bond motifs is 1. The van der Waals surface area contributed by atoms with Gasteiger partial charge in [0.2, 0.25) is 6.79 Å². The highest BCUT2D eigenvalue weighted by molar-refractivity contribution is 6.31. The van der Waals surface area contributed by atoms with Gasteiger partial charge in [-0.05, 0) is 42.3 Å². The van der Waals surface area contributed by atoms with Gasteiger partial charge in [0.1, 0.15) is 11.4 Å². The largest absolute Gasteiger partial charge is 0.507 e. The first kappa shape index (κ1) is 15.8. The van der Waals surface area contributed by atoms with Gasteiger partial charge in [-0.25, -0.2) is 0 Å². The molecule has 2 heterocycles. The van der Waals surface area contributed by atoms with Crippen molar-refractivity contribution in [3.05, 3.63) is 47.1 Å². The fourth-order valence-electron chi connectivity index (χ4n) is 3.06. The van der Waals surface area contributed by atoms with E-state index in [9.17, 15) is 5.11 Å². The van der Waals surface area contributed by atoms with Gasteiger partial charge in [-0.15, -0.1) is 0 Å². The summed E-state index contributed by atoms with van der Waals surface area (Å²) in [6.07, 6.45) is 1.82. The molecule has 2 aromatic carbocycles. The maximum atomic E-state index is 10.3. The molecule has 0 saturated carbocycles. The van der Waals surface area contributed by atoms with Crippen LogP contribution < -0.4 is 9.47 Å². The van der Waals surface area contributed by atoms with E-state index in [1.54, 1.807) is 18.2 Å². The Kier molecular flexibility index (Phi) is 4.01. The molecule has 2 N–H and O–H groups in total. The Morgan fingerprint density at radius 2 is 2.00 bits per heavy atom. The molecule has 5 nitrogen and oxygen atoms in total. The summed E-state index contributed by atoms with van der Waals surface area (Å²) in [7, 11) is 0. The number of H-pyrrole nitrogens is 1. The van der Waals surface area contributed by atoms with Gasteiger partial charge >= 0.3 is 0 Å². The zero-order chi connectivity index (χ0) is 17.4. The highest BCUT2D eigenvalue weighted by atomic mass is 35.5. The first-order valence-corrected chi connectivity index (χ1v) is 8.51. The van der Waals surface area contributed by atoms with Gasteiger partial charge in [0.25, 0.3) is 0 Å². The number of ether oxygens (including phenoxy) is 2. The van der Waals surface area contributed by atoms with Crippen molar-refractivity contribution in [3.8, 4) is 39.6 Å². The predicted octanol–water partition coefficient (Wildman–Crippen LogP) is 4.78. The number of aromatic amines is 1. The first-order valence-electron chi connectivity index (χ1n) is 8.13. The number of hydrogen-bond acceptors (Lipinski definition) is 4. The van der Waals surface area contributed by atoms with E-state index >= 15 is 0 Å². The molecule has 25 heavy (non-hydrogen) atoms. The van der Waals surface area contributed by atoms with E-state index < -0.39 is 0 Å². The SMILES string of the molecule is CCCc1[nH]nc(-c2cc(Cl)ccc2O)c1-c1ccc2c(c1)OCO2. The summed E-state index contributed by atoms with van der Waals surface area (Å²) in [6, 6.07) is 10.8. The summed E-state index contributed by atoms with van der Waals surface area (Å²) < 4.78 is 10.9. The minimum Gasteiger partial charge on any atom is -0.507 e. The summed E-state index contributed by atoms with van der Waals surface area (Å²) >= 11 is 6.12. The molecule has 0 fully saturated rings. The van der Waals surface area contributed by atoms with E-state index in [1.807, 2.05) is 18.2 Å². The van der Waals surface area contributed by atoms with E-state index in [4.69, 9.17) is 21.1 Å². The van der Waals surface area contributed by atoms with Crippen molar-refractivity contribution in [1.29, 1.82) is 0 Å². The first-order chi connectivity index (χ1) is 12.2. The second kappa shape index (κ2) is 6.33. The van der Waals surface area contributed by atoms with Crippen molar-refractivity contribution in [3.63, 3.8) is 0 Å². The normalized spacial score (nSPS) is 12.6. The molecule has 1 aliphatic rings. The van der Waals surface area contributed by atoms with Gasteiger partial charge in [0.15, 0.2) is 11.5 Å². The number of phenolic OH excluding ortho intramolecular Hbond substituents is 1. The summed E-state index contributed by atoms with van der Waals surface area (Å²) in [6.45, 7) is 2.34. The Labute approximate surface area is 150 Å². The fourth-order valence-corrected chi connectivity index (χ4v) is 3.24. The molecule has 3 aromatic rings. The zero-order valence-electron chi connectivity index (χ0n) is 13.7. The molecule has 0 spiro atoms. The lowest BCUT2D eigenvalue weighted by Crippen LogP contribution is -1.93. The Hall–Kier alpha value is -2.66. The van der Waals surface area contributed by atoms with Crippen LogP contribution in [0.25, 0.3) is 22.4 Å². The zero-order valence-corrected chi connectivity index (χ0v) is 14.4. The third-order valence-electron chi connectivity index (χ3n) is 4.22. The summed E-state index contributed by atoms with van der Waals surface area (Å²) in [5.41, 5.74) is 4.17. The molecular weight excluding hydrogens is 340 g/mol. The predicted molar refractivity (Wildman–Crippen MR) is 96.3 cm³/mol. The third-order valence-corrected chi connectivity index (χ3v) is 4.45. The van der Waals surface area contributed by atoms with E-state index in [2.05, 4.69) is 17.1 Å². The molecule has 1 aliphatic heterocycles. The Morgan fingerprint density at radius 3 is 2.84 bits per heavy atom. The minimum atomic E-state index is 0.140. The van der Waals surface area contributed by atoms with Crippen LogP contribution in [-0.4, -0.2) is 22.1 Å². The van der Waals surface area contributed by atoms with E-state index in [0.29, 0.717) is 22.0 Å². The van der Waals surface area contributed by atoms with Crippen molar-refractivity contribution in [2.24, 2.45) is 0 Å². The second-order valence-electron chi connectivity index (χ2n) is 5.91. The summed E-state index contributed by atoms with van der Waals surface area (Å²) in [5, 5.41) is 18.4. The maximum Gasteiger partial charge on any atom is 0.231 e. The number of nitrogens with zero attached hydrogens (tertiary/aromatic N) is 1. The molecular formula is C19H17ClN2O3. The number of benzene rings is 2. The number of halogens is 1. The van der Waals surface area contributed by atoms with Crippen LogP contribution in [0, 0.1) is 0 Å². The van der Waals surface area contributed by atoms with Crippen LogP contribution in [0.2, 0.25) is 5.02 Å². The maximum absolute atomic E-state index is 10.3. The number of aromatic nitrogens is 2. The molecule has 0 unspecified atom stereocenters. The van der Waals surface area contributed by atoms with E-state index in [-0.39, 0.29) is 12.5 Å². The number of phenols is 1. The second-order valence-corrected chi connectivity index (χ2v) is 6.34. The smallest absolute Gasteiger partial charge is 0.231 e. The van der Waals surface area contributed by atoms with Gasteiger partial charge in [0, 0.05) is 21.8 Å². The van der Waals surface area contributed by atoms with Crippen molar-refractivity contribution < 1.29 is 14.6 Å². The highest BCUT2D eigenvalue weighted by Gasteiger charge is 2.21. The van der Waals surface area contributed by atoms with Gasteiger partial charge in [-0.2, -0.15) is 5.10 Å². The number of aryl methyl sites for hydroxylation is 1. The molecule has 0 radical (unpaired) electrons. The van der Waals surface area contributed by atoms with Crippen LogP contribution in [0.5, 0.6) is 17.2 Å². The summed E-state index contributed by atoms with van der Waals surface area (Å²) in [4.78, 5) is 0. The molecule has 6 heteroatoms. The molecule has 1 aromatic heterocycles. The molecule has 0 saturated heterocycles. The lowest BCUT2D eigenvalue weighted by Gasteiger charge is -2.09. The standard InChI is InChI=1S/C19H17ClN2O3/c1-2-3-14-18(11-4-7-16-17(8-11)25-10-24-16)19(22-21-14)13-9-12(20)5-6-15(13)23/h4-9,23H,2-3,10H2,1H3,(H,21,22). The van der Waals surface area contributed by atoms with Gasteiger partial charge in [-0.1, -0.05) is 31.0 Å². The lowest BCUT2D eigenvalue weighted by molar-refractivity contribution is 0.174. The van der Waals surface area contributed by atoms with Crippen LogP contribution in [0.1, 0.15) is 19.0 Å². The number of aromatic hydroxyl groups is 1. The third kappa shape index (κ3) is 2.81. The number of rotatable bonds is 4. The van der Waals surface area contributed by atoms with Crippen molar-refractivity contribution in [1.82, 2.24) is 10.2 Å². The fraction of sp³-hybridized carbons (Fsp3) is 0.211. The van der Waals surface area contributed by atoms with Crippen LogP contribution in [0.15, 0.2) is 36.4 Å². The Morgan fingerprint density at radius 1 is 1.16 bits per heavy atom.